The summed E-state index contributed by atoms with van der Waals surface area (Å²) in [6, 6.07) is 17.8. The first-order chi connectivity index (χ1) is 10.5. The quantitative estimate of drug-likeness (QED) is 0.473. The van der Waals surface area contributed by atoms with E-state index in [1.165, 1.54) is 5.56 Å². The molecule has 0 atom stereocenters. The van der Waals surface area contributed by atoms with Crippen molar-refractivity contribution in [3.63, 3.8) is 0 Å². The lowest BCUT2D eigenvalue weighted by Gasteiger charge is -2.08. The van der Waals surface area contributed by atoms with Crippen LogP contribution >= 0.6 is 0 Å². The van der Waals surface area contributed by atoms with Gasteiger partial charge in [0.25, 0.3) is 0 Å². The van der Waals surface area contributed by atoms with Crippen molar-refractivity contribution in [2.24, 2.45) is 0 Å². The van der Waals surface area contributed by atoms with Crippen molar-refractivity contribution in [1.82, 2.24) is 0 Å². The molecule has 0 heterocycles. The molecule has 0 saturated carbocycles. The summed E-state index contributed by atoms with van der Waals surface area (Å²) in [6.07, 6.45) is 0. The first-order valence-electron chi connectivity index (χ1n) is 6.21. The largest absolute Gasteiger partial charge is 0.741 e. The summed E-state index contributed by atoms with van der Waals surface area (Å²) >= 11 is 0. The number of hydrogen-bond acceptors (Lipinski definition) is 4. The first-order valence-corrected chi connectivity index (χ1v) is 7.62. The Hall–Kier alpha value is -2.19. The molecule has 124 valence electrons. The van der Waals surface area contributed by atoms with Gasteiger partial charge < -0.3 is 4.55 Å². The van der Waals surface area contributed by atoms with E-state index >= 15 is 0 Å². The van der Waals surface area contributed by atoms with Crippen LogP contribution in [0.3, 0.4) is 0 Å². The third kappa shape index (κ3) is 5.84. The van der Waals surface area contributed by atoms with Crippen LogP contribution in [-0.4, -0.2) is 24.3 Å². The van der Waals surface area contributed by atoms with E-state index in [9.17, 15) is 18.0 Å². The van der Waals surface area contributed by atoms with Crippen LogP contribution in [0.1, 0.15) is 17.3 Å². The van der Waals surface area contributed by atoms with Gasteiger partial charge in [-0.05, 0) is 18.1 Å². The number of rotatable bonds is 2. The molecule has 0 aliphatic heterocycles. The fraction of sp³-hybridized carbons (Fsp3) is 0.133. The Bertz CT molecular complexity index is 752. The highest BCUT2D eigenvalue weighted by molar-refractivity contribution is 7.86. The second-order valence-corrected chi connectivity index (χ2v) is 5.77. The van der Waals surface area contributed by atoms with E-state index in [-0.39, 0.29) is 5.78 Å². The van der Waals surface area contributed by atoms with Crippen molar-refractivity contribution in [1.29, 1.82) is 0 Å². The molecule has 2 aromatic rings. The molecule has 0 aliphatic carbocycles. The Labute approximate surface area is 131 Å². The van der Waals surface area contributed by atoms with Crippen molar-refractivity contribution in [3.05, 3.63) is 60.2 Å². The standard InChI is InChI=1S/C14H12O.CHF3O3S/c1-11(15)12-7-9-14(10-8-12)13-5-3-2-4-6-13;2-1(3,4)8(5,6)7/h2-10H,1H3;(H,5,6,7)/p-1. The van der Waals surface area contributed by atoms with Gasteiger partial charge >= 0.3 is 5.51 Å². The Balaban J connectivity index is 0.000000284. The number of ketones is 1. The van der Waals surface area contributed by atoms with Gasteiger partial charge in [0, 0.05) is 5.56 Å². The molecular weight excluding hydrogens is 333 g/mol. The average Bonchev–Trinajstić information content (AvgIpc) is 2.47. The van der Waals surface area contributed by atoms with Gasteiger partial charge in [0.2, 0.25) is 0 Å². The van der Waals surface area contributed by atoms with Crippen molar-refractivity contribution < 1.29 is 30.9 Å². The molecule has 8 heteroatoms. The highest BCUT2D eigenvalue weighted by atomic mass is 32.2. The van der Waals surface area contributed by atoms with Gasteiger partial charge in [-0.15, -0.1) is 0 Å². The molecule has 0 radical (unpaired) electrons. The van der Waals surface area contributed by atoms with Crippen LogP contribution in [0.4, 0.5) is 13.2 Å². The third-order valence-electron chi connectivity index (χ3n) is 2.68. The van der Waals surface area contributed by atoms with Crippen LogP contribution in [0.25, 0.3) is 11.1 Å². The van der Waals surface area contributed by atoms with Gasteiger partial charge in [-0.1, -0.05) is 54.6 Å². The van der Waals surface area contributed by atoms with Gasteiger partial charge in [0.05, 0.1) is 0 Å². The maximum atomic E-state index is 11.1. The van der Waals surface area contributed by atoms with Crippen molar-refractivity contribution >= 4 is 15.9 Å². The van der Waals surface area contributed by atoms with Crippen LogP contribution < -0.4 is 0 Å². The normalized spacial score (nSPS) is 11.3. The van der Waals surface area contributed by atoms with E-state index in [2.05, 4.69) is 12.1 Å². The number of hydrogen-bond donors (Lipinski definition) is 0. The number of benzene rings is 2. The van der Waals surface area contributed by atoms with E-state index in [4.69, 9.17) is 13.0 Å². The molecule has 0 aromatic heterocycles. The fourth-order valence-electron chi connectivity index (χ4n) is 1.53. The lowest BCUT2D eigenvalue weighted by atomic mass is 10.0. The van der Waals surface area contributed by atoms with Gasteiger partial charge in [-0.3, -0.25) is 4.79 Å². The maximum Gasteiger partial charge on any atom is 0.485 e. The van der Waals surface area contributed by atoms with Crippen LogP contribution in [0, 0.1) is 0 Å². The molecule has 0 spiro atoms. The Morgan fingerprint density at radius 1 is 0.913 bits per heavy atom. The smallest absolute Gasteiger partial charge is 0.485 e. The van der Waals surface area contributed by atoms with Gasteiger partial charge in [0.15, 0.2) is 15.9 Å². The van der Waals surface area contributed by atoms with Gasteiger partial charge in [0.1, 0.15) is 0 Å². The average molecular weight is 345 g/mol. The third-order valence-corrected chi connectivity index (χ3v) is 3.25. The lowest BCUT2D eigenvalue weighted by molar-refractivity contribution is -0.0517. The molecule has 0 aliphatic rings. The van der Waals surface area contributed by atoms with E-state index in [1.807, 2.05) is 42.5 Å². The molecule has 2 rings (SSSR count). The van der Waals surface area contributed by atoms with Gasteiger partial charge in [-0.2, -0.15) is 13.2 Å². The highest BCUT2D eigenvalue weighted by Gasteiger charge is 2.36. The van der Waals surface area contributed by atoms with Crippen LogP contribution in [0.2, 0.25) is 0 Å². The zero-order valence-electron chi connectivity index (χ0n) is 11.9. The SMILES string of the molecule is CC(=O)c1ccc(-c2ccccc2)cc1.O=S(=O)([O-])C(F)(F)F. The Morgan fingerprint density at radius 2 is 1.30 bits per heavy atom. The Kier molecular flexibility index (Phi) is 6.05. The van der Waals surface area contributed by atoms with Crippen LogP contribution in [0.5, 0.6) is 0 Å². The lowest BCUT2D eigenvalue weighted by Crippen LogP contribution is -2.21. The summed E-state index contributed by atoms with van der Waals surface area (Å²) in [7, 11) is -6.09. The zero-order chi connectivity index (χ0) is 17.7. The summed E-state index contributed by atoms with van der Waals surface area (Å²) in [5.41, 5.74) is -2.57. The molecule has 23 heavy (non-hydrogen) atoms. The second kappa shape index (κ2) is 7.38. The minimum absolute atomic E-state index is 0.106. The van der Waals surface area contributed by atoms with E-state index in [0.717, 1.165) is 11.1 Å². The number of Topliss-reactive ketones (excluding diaryl/α,β-unsaturated/α-hetero) is 1. The molecule has 2 aromatic carbocycles. The monoisotopic (exact) mass is 345 g/mol. The summed E-state index contributed by atoms with van der Waals surface area (Å²) in [6.45, 7) is 1.58. The summed E-state index contributed by atoms with van der Waals surface area (Å²) in [4.78, 5) is 11.1. The van der Waals surface area contributed by atoms with Crippen molar-refractivity contribution in [2.45, 2.75) is 12.4 Å². The minimum Gasteiger partial charge on any atom is -0.741 e. The topological polar surface area (TPSA) is 74.3 Å². The van der Waals surface area contributed by atoms with Crippen molar-refractivity contribution in [2.75, 3.05) is 0 Å². The van der Waals surface area contributed by atoms with E-state index < -0.39 is 15.6 Å². The number of carbonyl (C=O) groups excluding carboxylic acids is 1. The molecular formula is C15H12F3O4S-. The number of halogens is 3. The summed E-state index contributed by atoms with van der Waals surface area (Å²) in [5, 5.41) is 0. The molecule has 0 N–H and O–H groups in total. The molecule has 0 fully saturated rings. The molecule has 0 amide bonds. The van der Waals surface area contributed by atoms with Crippen molar-refractivity contribution in [3.8, 4) is 11.1 Å². The second-order valence-electron chi connectivity index (χ2n) is 4.40. The zero-order valence-corrected chi connectivity index (χ0v) is 12.7. The predicted octanol–water partition coefficient (Wildman–Crippen LogP) is 3.61. The summed E-state index contributed by atoms with van der Waals surface area (Å²) in [5.74, 6) is 0.106. The summed E-state index contributed by atoms with van der Waals surface area (Å²) < 4.78 is 58.9. The number of carbonyl (C=O) groups is 1. The first kappa shape index (κ1) is 18.9. The molecule has 0 bridgehead atoms. The number of alkyl halides is 3. The fourth-order valence-corrected chi connectivity index (χ4v) is 1.53. The van der Waals surface area contributed by atoms with Crippen LogP contribution in [-0.2, 0) is 10.1 Å². The van der Waals surface area contributed by atoms with E-state index in [0.29, 0.717) is 0 Å². The molecule has 0 unspecified atom stereocenters. The van der Waals surface area contributed by atoms with Gasteiger partial charge in [-0.25, -0.2) is 8.42 Å². The van der Waals surface area contributed by atoms with E-state index in [1.54, 1.807) is 6.92 Å². The highest BCUT2D eigenvalue weighted by Crippen LogP contribution is 2.20. The predicted molar refractivity (Wildman–Crippen MR) is 77.6 cm³/mol. The maximum absolute atomic E-state index is 11.1. The molecule has 0 saturated heterocycles. The van der Waals surface area contributed by atoms with Crippen LogP contribution in [0.15, 0.2) is 54.6 Å². The Morgan fingerprint density at radius 3 is 1.65 bits per heavy atom. The molecule has 4 nitrogen and oxygen atoms in total. The minimum atomic E-state index is -6.09.